The molecule has 0 spiro atoms. The summed E-state index contributed by atoms with van der Waals surface area (Å²) in [5.41, 5.74) is 0.876. The molecule has 0 bridgehead atoms. The highest BCUT2D eigenvalue weighted by Gasteiger charge is 2.36. The summed E-state index contributed by atoms with van der Waals surface area (Å²) in [4.78, 5) is 56.1. The maximum atomic E-state index is 13.9. The zero-order valence-electron chi connectivity index (χ0n) is 27.8. The lowest BCUT2D eigenvalue weighted by Crippen LogP contribution is -2.55. The number of nitrogens with one attached hydrogen (secondary N) is 1. The molecule has 1 unspecified atom stereocenters. The summed E-state index contributed by atoms with van der Waals surface area (Å²) >= 11 is 1.48. The van der Waals surface area contributed by atoms with Crippen LogP contribution in [0.25, 0.3) is 0 Å². The number of anilines is 1. The quantitative estimate of drug-likeness (QED) is 0.181. The predicted octanol–water partition coefficient (Wildman–Crippen LogP) is 4.81. The highest BCUT2D eigenvalue weighted by Crippen LogP contribution is 2.34. The number of hydrogen-bond donors (Lipinski definition) is 1. The molecule has 1 N–H and O–H groups in total. The molecule has 256 valence electrons. The lowest BCUT2D eigenvalue weighted by Gasteiger charge is -2.31. The van der Waals surface area contributed by atoms with E-state index in [4.69, 9.17) is 18.9 Å². The zero-order valence-corrected chi connectivity index (χ0v) is 28.6. The Labute approximate surface area is 281 Å². The average Bonchev–Trinajstić information content (AvgIpc) is 3.17. The summed E-state index contributed by atoms with van der Waals surface area (Å²) in [7, 11) is 0. The van der Waals surface area contributed by atoms with E-state index in [1.807, 2.05) is 48.5 Å². The van der Waals surface area contributed by atoms with Crippen molar-refractivity contribution in [2.24, 2.45) is 5.92 Å². The molecule has 2 atom stereocenters. The van der Waals surface area contributed by atoms with Crippen LogP contribution >= 0.6 is 11.8 Å². The Hall–Kier alpha value is -3.61. The van der Waals surface area contributed by atoms with E-state index in [9.17, 15) is 19.2 Å². The van der Waals surface area contributed by atoms with Crippen LogP contribution in [-0.4, -0.2) is 91.7 Å². The first-order chi connectivity index (χ1) is 22.5. The number of nitrogens with zero attached hydrogens (tertiary/aromatic N) is 2. The molecule has 2 amide bonds. The third kappa shape index (κ3) is 11.3. The largest absolute Gasteiger partial charge is 0.465 e. The molecule has 0 aromatic heterocycles. The zero-order chi connectivity index (χ0) is 33.8. The van der Waals surface area contributed by atoms with Crippen LogP contribution in [0.4, 0.5) is 10.5 Å². The van der Waals surface area contributed by atoms with Crippen molar-refractivity contribution in [3.05, 3.63) is 60.2 Å². The van der Waals surface area contributed by atoms with Gasteiger partial charge in [-0.05, 0) is 70.6 Å². The smallest absolute Gasteiger partial charge is 0.410 e. The number of rotatable bonds is 13. The summed E-state index contributed by atoms with van der Waals surface area (Å²) in [6, 6.07) is 15.4. The third-order valence-electron chi connectivity index (χ3n) is 7.84. The van der Waals surface area contributed by atoms with E-state index < -0.39 is 29.6 Å². The minimum Gasteiger partial charge on any atom is -0.465 e. The number of likely N-dealkylation sites (tertiary alicyclic amines) is 1. The van der Waals surface area contributed by atoms with Gasteiger partial charge in [-0.2, -0.15) is 0 Å². The Morgan fingerprint density at radius 2 is 1.70 bits per heavy atom. The Morgan fingerprint density at radius 1 is 1.00 bits per heavy atom. The molecule has 4 rings (SSSR count). The third-order valence-corrected chi connectivity index (χ3v) is 9.00. The number of carbonyl (C=O) groups is 4. The van der Waals surface area contributed by atoms with Crippen molar-refractivity contribution in [2.75, 3.05) is 50.1 Å². The van der Waals surface area contributed by atoms with E-state index in [2.05, 4.69) is 5.32 Å². The van der Waals surface area contributed by atoms with E-state index in [0.717, 1.165) is 29.7 Å². The van der Waals surface area contributed by atoms with Crippen molar-refractivity contribution in [1.29, 1.82) is 0 Å². The Morgan fingerprint density at radius 3 is 2.40 bits per heavy atom. The van der Waals surface area contributed by atoms with Crippen molar-refractivity contribution < 1.29 is 38.1 Å². The van der Waals surface area contributed by atoms with Gasteiger partial charge in [0.15, 0.2) is 0 Å². The molecule has 2 aliphatic heterocycles. The van der Waals surface area contributed by atoms with Crippen molar-refractivity contribution in [1.82, 2.24) is 10.2 Å². The first-order valence-electron chi connectivity index (χ1n) is 16.2. The van der Waals surface area contributed by atoms with Gasteiger partial charge < -0.3 is 23.8 Å². The number of piperidine rings is 1. The fourth-order valence-electron chi connectivity index (χ4n) is 5.47. The fraction of sp³-hybridized carbons (Fsp3) is 0.543. The summed E-state index contributed by atoms with van der Waals surface area (Å²) < 4.78 is 22.3. The van der Waals surface area contributed by atoms with Gasteiger partial charge in [0.25, 0.3) is 0 Å². The monoisotopic (exact) mass is 669 g/mol. The molecule has 2 aliphatic rings. The van der Waals surface area contributed by atoms with E-state index in [1.165, 1.54) is 16.7 Å². The van der Waals surface area contributed by atoms with Gasteiger partial charge in [0.05, 0.1) is 24.9 Å². The normalized spacial score (nSPS) is 17.8. The van der Waals surface area contributed by atoms with Crippen molar-refractivity contribution in [3.8, 4) is 0 Å². The number of thioether (sulfide) groups is 1. The number of para-hydroxylation sites is 1. The van der Waals surface area contributed by atoms with Crippen LogP contribution in [0.3, 0.4) is 0 Å². The van der Waals surface area contributed by atoms with Crippen LogP contribution in [0.5, 0.6) is 0 Å². The average molecular weight is 670 g/mol. The molecule has 2 aromatic carbocycles. The minimum atomic E-state index is -0.879. The van der Waals surface area contributed by atoms with Gasteiger partial charge in [-0.1, -0.05) is 42.5 Å². The van der Waals surface area contributed by atoms with Crippen molar-refractivity contribution in [2.45, 2.75) is 76.1 Å². The first-order valence-corrected chi connectivity index (χ1v) is 17.2. The van der Waals surface area contributed by atoms with E-state index in [-0.39, 0.29) is 38.4 Å². The maximum Gasteiger partial charge on any atom is 0.410 e. The van der Waals surface area contributed by atoms with Crippen molar-refractivity contribution in [3.63, 3.8) is 0 Å². The van der Waals surface area contributed by atoms with Crippen LogP contribution in [0.15, 0.2) is 59.5 Å². The molecule has 47 heavy (non-hydrogen) atoms. The molecule has 1 fully saturated rings. The summed E-state index contributed by atoms with van der Waals surface area (Å²) in [5, 5.41) is 3.18. The molecular formula is C35H47N3O8S. The molecule has 2 aromatic rings. The predicted molar refractivity (Wildman–Crippen MR) is 179 cm³/mol. The minimum absolute atomic E-state index is 0.0248. The maximum absolute atomic E-state index is 13.9. The number of hydrogen-bond acceptors (Lipinski definition) is 10. The standard InChI is InChI=1S/C35H47N3O8S/c1-5-44-33(41)27(23-43-20-17-25-15-18-37(19-16-25)34(42)45-22-26-11-7-6-8-12-26)36-28-24-47-30-14-10-9-13-29(30)38(32(28)40)21-31(39)46-35(2,3)4/h6-14,25,27-28,36H,5,15-24H2,1-4H3/t27-,28?/m1/s1. The van der Waals surface area contributed by atoms with Crippen LogP contribution in [-0.2, 0) is 39.9 Å². The van der Waals surface area contributed by atoms with Crippen LogP contribution in [0.1, 0.15) is 52.5 Å². The second-order valence-corrected chi connectivity index (χ2v) is 13.7. The summed E-state index contributed by atoms with van der Waals surface area (Å²) in [6.07, 6.45) is 2.15. The molecule has 0 radical (unpaired) electrons. The number of esters is 2. The lowest BCUT2D eigenvalue weighted by atomic mass is 9.94. The van der Waals surface area contributed by atoms with Crippen molar-refractivity contribution >= 4 is 41.4 Å². The van der Waals surface area contributed by atoms with E-state index in [1.54, 1.807) is 38.7 Å². The van der Waals surface area contributed by atoms with Crippen LogP contribution in [0, 0.1) is 5.92 Å². The van der Waals surface area contributed by atoms with Gasteiger partial charge in [-0.15, -0.1) is 11.8 Å². The first kappa shape index (κ1) is 36.2. The summed E-state index contributed by atoms with van der Waals surface area (Å²) in [5.74, 6) is -0.638. The van der Waals surface area contributed by atoms with Gasteiger partial charge in [0.2, 0.25) is 5.91 Å². The Kier molecular flexibility index (Phi) is 13.5. The topological polar surface area (TPSA) is 124 Å². The van der Waals surface area contributed by atoms with Gasteiger partial charge >= 0.3 is 18.0 Å². The van der Waals surface area contributed by atoms with E-state index >= 15 is 0 Å². The molecule has 1 saturated heterocycles. The number of amides is 2. The lowest BCUT2D eigenvalue weighted by molar-refractivity contribution is -0.154. The van der Waals surface area contributed by atoms with Gasteiger partial charge in [0, 0.05) is 30.3 Å². The second kappa shape index (κ2) is 17.5. The van der Waals surface area contributed by atoms with Gasteiger partial charge in [-0.3, -0.25) is 24.6 Å². The van der Waals surface area contributed by atoms with Crippen LogP contribution < -0.4 is 10.2 Å². The number of benzene rings is 2. The highest BCUT2D eigenvalue weighted by molar-refractivity contribution is 7.99. The second-order valence-electron chi connectivity index (χ2n) is 12.6. The van der Waals surface area contributed by atoms with Crippen LogP contribution in [0.2, 0.25) is 0 Å². The number of fused-ring (bicyclic) bond motifs is 1. The fourth-order valence-corrected chi connectivity index (χ4v) is 6.56. The summed E-state index contributed by atoms with van der Waals surface area (Å²) in [6.45, 7) is 8.93. The van der Waals surface area contributed by atoms with E-state index in [0.29, 0.717) is 37.1 Å². The number of carbonyl (C=O) groups excluding carboxylic acids is 4. The number of ether oxygens (including phenoxy) is 4. The molecular weight excluding hydrogens is 622 g/mol. The molecule has 0 saturated carbocycles. The van der Waals surface area contributed by atoms with Gasteiger partial charge in [0.1, 0.15) is 24.8 Å². The molecule has 2 heterocycles. The molecule has 0 aliphatic carbocycles. The van der Waals surface area contributed by atoms with Gasteiger partial charge in [-0.25, -0.2) is 4.79 Å². The highest BCUT2D eigenvalue weighted by atomic mass is 32.2. The Bertz CT molecular complexity index is 1340. The molecule has 11 nitrogen and oxygen atoms in total. The molecule has 12 heteroatoms. The Balaban J connectivity index is 1.28. The SMILES string of the molecule is CCOC(=O)[C@@H](COCCC1CCN(C(=O)OCc2ccccc2)CC1)NC1CSc2ccccc2N(CC(=O)OC(C)(C)C)C1=O.